The van der Waals surface area contributed by atoms with Gasteiger partial charge in [-0.3, -0.25) is 9.59 Å². The van der Waals surface area contributed by atoms with Crippen molar-refractivity contribution in [2.24, 2.45) is 0 Å². The van der Waals surface area contributed by atoms with Crippen molar-refractivity contribution >= 4 is 22.7 Å². The van der Waals surface area contributed by atoms with Gasteiger partial charge in [0.15, 0.2) is 0 Å². The first-order valence-corrected chi connectivity index (χ1v) is 10.4. The number of para-hydroxylation sites is 1. The second-order valence-corrected chi connectivity index (χ2v) is 7.60. The minimum Gasteiger partial charge on any atom is -0.489 e. The number of fused-ring (bicyclic) bond motifs is 1. The number of amides is 2. The number of H-pyrrole nitrogens is 1. The van der Waals surface area contributed by atoms with Gasteiger partial charge in [0.2, 0.25) is 5.91 Å². The molecule has 32 heavy (non-hydrogen) atoms. The summed E-state index contributed by atoms with van der Waals surface area (Å²) < 4.78 is 5.78. The normalized spacial score (nSPS) is 10.7. The summed E-state index contributed by atoms with van der Waals surface area (Å²) >= 11 is 0. The van der Waals surface area contributed by atoms with Gasteiger partial charge in [0.25, 0.3) is 5.91 Å². The van der Waals surface area contributed by atoms with Crippen LogP contribution in [0.2, 0.25) is 0 Å². The lowest BCUT2D eigenvalue weighted by Crippen LogP contribution is -2.38. The molecule has 0 aliphatic rings. The van der Waals surface area contributed by atoms with Crippen molar-refractivity contribution in [3.8, 4) is 5.75 Å². The van der Waals surface area contributed by atoms with Gasteiger partial charge in [0.05, 0.1) is 12.1 Å². The summed E-state index contributed by atoms with van der Waals surface area (Å²) in [5.74, 6) is 0.357. The molecule has 0 aliphatic carbocycles. The van der Waals surface area contributed by atoms with Crippen LogP contribution in [-0.2, 0) is 17.9 Å². The van der Waals surface area contributed by atoms with Gasteiger partial charge in [-0.25, -0.2) is 0 Å². The molecule has 0 unspecified atom stereocenters. The Morgan fingerprint density at radius 2 is 1.62 bits per heavy atom. The predicted molar refractivity (Wildman–Crippen MR) is 124 cm³/mol. The van der Waals surface area contributed by atoms with E-state index in [1.807, 2.05) is 78.9 Å². The van der Waals surface area contributed by atoms with Crippen LogP contribution in [0.15, 0.2) is 85.1 Å². The van der Waals surface area contributed by atoms with Gasteiger partial charge in [-0.2, -0.15) is 0 Å². The molecule has 0 fully saturated rings. The van der Waals surface area contributed by atoms with E-state index in [0.29, 0.717) is 18.7 Å². The van der Waals surface area contributed by atoms with E-state index in [1.165, 1.54) is 4.90 Å². The zero-order valence-electron chi connectivity index (χ0n) is 17.9. The summed E-state index contributed by atoms with van der Waals surface area (Å²) in [5.41, 5.74) is 3.51. The molecule has 1 aromatic heterocycles. The van der Waals surface area contributed by atoms with Crippen LogP contribution in [-0.4, -0.2) is 35.3 Å². The standard InChI is InChI=1S/C26H25N3O3/c1-29(26(31)23-16-27-24-10-6-5-9-22(23)24)17-25(30)28-15-19-11-13-21(14-12-19)32-18-20-7-3-2-4-8-20/h2-14,16,27H,15,17-18H2,1H3,(H,28,30). The third kappa shape index (κ3) is 5.16. The highest BCUT2D eigenvalue weighted by atomic mass is 16.5. The summed E-state index contributed by atoms with van der Waals surface area (Å²) in [7, 11) is 1.63. The highest BCUT2D eigenvalue weighted by molar-refractivity contribution is 6.07. The van der Waals surface area contributed by atoms with E-state index >= 15 is 0 Å². The fourth-order valence-electron chi connectivity index (χ4n) is 3.44. The van der Waals surface area contributed by atoms with Gasteiger partial charge in [0, 0.05) is 30.7 Å². The maximum atomic E-state index is 12.7. The second-order valence-electron chi connectivity index (χ2n) is 7.60. The number of carbonyl (C=O) groups is 2. The largest absolute Gasteiger partial charge is 0.489 e. The number of benzene rings is 3. The molecular formula is C26H25N3O3. The molecule has 2 N–H and O–H groups in total. The van der Waals surface area contributed by atoms with Crippen LogP contribution in [0.25, 0.3) is 10.9 Å². The van der Waals surface area contributed by atoms with E-state index in [4.69, 9.17) is 4.74 Å². The van der Waals surface area contributed by atoms with Gasteiger partial charge in [0.1, 0.15) is 12.4 Å². The molecule has 162 valence electrons. The van der Waals surface area contributed by atoms with Gasteiger partial charge >= 0.3 is 0 Å². The molecule has 4 aromatic rings. The Hall–Kier alpha value is -4.06. The number of rotatable bonds is 8. The van der Waals surface area contributed by atoms with E-state index in [2.05, 4.69) is 10.3 Å². The summed E-state index contributed by atoms with van der Waals surface area (Å²) in [6.07, 6.45) is 1.68. The van der Waals surface area contributed by atoms with Crippen molar-refractivity contribution < 1.29 is 14.3 Å². The first-order valence-electron chi connectivity index (χ1n) is 10.4. The van der Waals surface area contributed by atoms with E-state index < -0.39 is 0 Å². The molecule has 1 heterocycles. The third-order valence-corrected chi connectivity index (χ3v) is 5.21. The van der Waals surface area contributed by atoms with E-state index in [9.17, 15) is 9.59 Å². The van der Waals surface area contributed by atoms with Crippen molar-refractivity contribution in [1.82, 2.24) is 15.2 Å². The Bertz CT molecular complexity index is 1200. The lowest BCUT2D eigenvalue weighted by Gasteiger charge is -2.16. The molecule has 0 radical (unpaired) electrons. The smallest absolute Gasteiger partial charge is 0.256 e. The highest BCUT2D eigenvalue weighted by Crippen LogP contribution is 2.19. The molecule has 0 aliphatic heterocycles. The summed E-state index contributed by atoms with van der Waals surface area (Å²) in [6, 6.07) is 25.2. The molecule has 4 rings (SSSR count). The van der Waals surface area contributed by atoms with Crippen LogP contribution in [0.3, 0.4) is 0 Å². The number of aromatic nitrogens is 1. The monoisotopic (exact) mass is 427 g/mol. The number of nitrogens with one attached hydrogen (secondary N) is 2. The quantitative estimate of drug-likeness (QED) is 0.444. The zero-order chi connectivity index (χ0) is 22.3. The lowest BCUT2D eigenvalue weighted by atomic mass is 10.1. The minimum atomic E-state index is -0.218. The third-order valence-electron chi connectivity index (χ3n) is 5.21. The Kier molecular flexibility index (Phi) is 6.51. The topological polar surface area (TPSA) is 74.4 Å². The first kappa shape index (κ1) is 21.2. The van der Waals surface area contributed by atoms with Gasteiger partial charge in [-0.05, 0) is 29.3 Å². The summed E-state index contributed by atoms with van der Waals surface area (Å²) in [4.78, 5) is 29.6. The molecule has 6 heteroatoms. The number of aromatic amines is 1. The fraction of sp³-hybridized carbons (Fsp3) is 0.154. The zero-order valence-corrected chi connectivity index (χ0v) is 17.9. The van der Waals surface area contributed by atoms with E-state index in [0.717, 1.165) is 27.8 Å². The molecule has 0 atom stereocenters. The van der Waals surface area contributed by atoms with E-state index in [-0.39, 0.29) is 18.4 Å². The molecular weight excluding hydrogens is 402 g/mol. The fourth-order valence-corrected chi connectivity index (χ4v) is 3.44. The molecule has 0 saturated carbocycles. The van der Waals surface area contributed by atoms with Crippen molar-refractivity contribution in [3.05, 3.63) is 102 Å². The SMILES string of the molecule is CN(CC(=O)NCc1ccc(OCc2ccccc2)cc1)C(=O)c1c[nH]c2ccccc12. The van der Waals surface area contributed by atoms with Crippen molar-refractivity contribution in [3.63, 3.8) is 0 Å². The van der Waals surface area contributed by atoms with Gasteiger partial charge < -0.3 is 19.9 Å². The van der Waals surface area contributed by atoms with E-state index in [1.54, 1.807) is 13.2 Å². The summed E-state index contributed by atoms with van der Waals surface area (Å²) in [5, 5.41) is 3.71. The molecule has 0 bridgehead atoms. The molecule has 2 amide bonds. The first-order chi connectivity index (χ1) is 15.6. The second kappa shape index (κ2) is 9.83. The van der Waals surface area contributed by atoms with Crippen LogP contribution < -0.4 is 10.1 Å². The molecule has 3 aromatic carbocycles. The van der Waals surface area contributed by atoms with Crippen LogP contribution in [0.4, 0.5) is 0 Å². The van der Waals surface area contributed by atoms with Crippen LogP contribution in [0.1, 0.15) is 21.5 Å². The molecule has 6 nitrogen and oxygen atoms in total. The number of hydrogen-bond acceptors (Lipinski definition) is 3. The molecule has 0 saturated heterocycles. The Labute approximate surface area is 186 Å². The lowest BCUT2D eigenvalue weighted by molar-refractivity contribution is -0.121. The van der Waals surface area contributed by atoms with Crippen molar-refractivity contribution in [1.29, 1.82) is 0 Å². The van der Waals surface area contributed by atoms with Crippen LogP contribution in [0, 0.1) is 0 Å². The van der Waals surface area contributed by atoms with Crippen LogP contribution >= 0.6 is 0 Å². The Balaban J connectivity index is 1.25. The van der Waals surface area contributed by atoms with Crippen molar-refractivity contribution in [2.45, 2.75) is 13.2 Å². The number of hydrogen-bond donors (Lipinski definition) is 2. The van der Waals surface area contributed by atoms with Gasteiger partial charge in [-0.1, -0.05) is 60.7 Å². The minimum absolute atomic E-state index is 0.0173. The number of nitrogens with zero attached hydrogens (tertiary/aromatic N) is 1. The Morgan fingerprint density at radius 1 is 0.906 bits per heavy atom. The number of ether oxygens (including phenoxy) is 1. The molecule has 0 spiro atoms. The number of carbonyl (C=O) groups excluding carboxylic acids is 2. The predicted octanol–water partition coefficient (Wildman–Crippen LogP) is 4.14. The Morgan fingerprint density at radius 3 is 2.41 bits per heavy atom. The maximum Gasteiger partial charge on any atom is 0.256 e. The van der Waals surface area contributed by atoms with Crippen molar-refractivity contribution in [2.75, 3.05) is 13.6 Å². The maximum absolute atomic E-state index is 12.7. The highest BCUT2D eigenvalue weighted by Gasteiger charge is 2.18. The number of likely N-dealkylation sites (N-methyl/N-ethyl adjacent to an activating group) is 1. The average molecular weight is 428 g/mol. The van der Waals surface area contributed by atoms with Gasteiger partial charge in [-0.15, -0.1) is 0 Å². The summed E-state index contributed by atoms with van der Waals surface area (Å²) in [6.45, 7) is 0.872. The average Bonchev–Trinajstić information content (AvgIpc) is 3.26. The van der Waals surface area contributed by atoms with Crippen LogP contribution in [0.5, 0.6) is 5.75 Å².